The molecule has 2 unspecified atom stereocenters. The number of nitrogens with one attached hydrogen (secondary N) is 1. The summed E-state index contributed by atoms with van der Waals surface area (Å²) < 4.78 is 24.8. The zero-order chi connectivity index (χ0) is 12.3. The maximum atomic E-state index is 12.4. The first kappa shape index (κ1) is 12.6. The highest BCUT2D eigenvalue weighted by molar-refractivity contribution is 7.99. The summed E-state index contributed by atoms with van der Waals surface area (Å²) in [5, 5.41) is 3.31. The zero-order valence-corrected chi connectivity index (χ0v) is 10.2. The van der Waals surface area contributed by atoms with E-state index >= 15 is 0 Å². The van der Waals surface area contributed by atoms with Gasteiger partial charge in [0.25, 0.3) is 5.76 Å². The van der Waals surface area contributed by atoms with E-state index in [1.165, 1.54) is 0 Å². The van der Waals surface area contributed by atoms with Crippen molar-refractivity contribution in [3.05, 3.63) is 24.3 Å². The number of para-hydroxylation sites is 1. The molecule has 17 heavy (non-hydrogen) atoms. The summed E-state index contributed by atoms with van der Waals surface area (Å²) in [7, 11) is 0. The van der Waals surface area contributed by atoms with Gasteiger partial charge in [0.2, 0.25) is 0 Å². The lowest BCUT2D eigenvalue weighted by Crippen LogP contribution is -2.21. The van der Waals surface area contributed by atoms with E-state index in [0.29, 0.717) is 22.7 Å². The summed E-state index contributed by atoms with van der Waals surface area (Å²) in [5.41, 5.74) is 6.62. The molecule has 1 fully saturated rings. The van der Waals surface area contributed by atoms with Gasteiger partial charge in [0.15, 0.2) is 0 Å². The monoisotopic (exact) mass is 258 g/mol. The fourth-order valence-electron chi connectivity index (χ4n) is 2.15. The minimum absolute atomic E-state index is 0.238. The molecule has 2 rings (SSSR count). The second kappa shape index (κ2) is 5.69. The van der Waals surface area contributed by atoms with Crippen molar-refractivity contribution < 1.29 is 8.78 Å². The number of alkyl halides is 2. The number of rotatable bonds is 4. The minimum atomic E-state index is -2.39. The van der Waals surface area contributed by atoms with Crippen molar-refractivity contribution in [1.82, 2.24) is 0 Å². The van der Waals surface area contributed by atoms with Crippen LogP contribution in [0.3, 0.4) is 0 Å². The van der Waals surface area contributed by atoms with Gasteiger partial charge in [0.1, 0.15) is 0 Å². The summed E-state index contributed by atoms with van der Waals surface area (Å²) in [6, 6.07) is 7.73. The van der Waals surface area contributed by atoms with Crippen LogP contribution in [0.4, 0.5) is 14.5 Å². The van der Waals surface area contributed by atoms with E-state index in [9.17, 15) is 8.78 Å². The number of hydrogen-bond donors (Lipinski definition) is 2. The molecule has 1 aromatic rings. The van der Waals surface area contributed by atoms with Crippen LogP contribution in [0.2, 0.25) is 0 Å². The van der Waals surface area contributed by atoms with Gasteiger partial charge in [0, 0.05) is 22.7 Å². The molecule has 1 aliphatic carbocycles. The Morgan fingerprint density at radius 1 is 1.29 bits per heavy atom. The fourth-order valence-corrected chi connectivity index (χ4v) is 2.76. The Labute approximate surface area is 104 Å². The third-order valence-corrected chi connectivity index (χ3v) is 3.72. The smallest absolute Gasteiger partial charge is 0.288 e. The van der Waals surface area contributed by atoms with Crippen LogP contribution in [-0.2, 0) is 0 Å². The maximum absolute atomic E-state index is 12.4. The molecule has 0 aliphatic heterocycles. The minimum Gasteiger partial charge on any atom is -0.381 e. The van der Waals surface area contributed by atoms with Crippen molar-refractivity contribution in [3.8, 4) is 0 Å². The van der Waals surface area contributed by atoms with Crippen LogP contribution < -0.4 is 11.1 Å². The summed E-state index contributed by atoms with van der Waals surface area (Å²) in [6.07, 6.45) is 2.92. The molecule has 0 amide bonds. The second-order valence-corrected chi connectivity index (χ2v) is 5.32. The van der Waals surface area contributed by atoms with Crippen LogP contribution in [0.5, 0.6) is 0 Å². The molecule has 1 aromatic carbocycles. The summed E-state index contributed by atoms with van der Waals surface area (Å²) in [5.74, 6) is -2.39. The molecule has 0 spiro atoms. The van der Waals surface area contributed by atoms with E-state index in [1.807, 2.05) is 12.1 Å². The van der Waals surface area contributed by atoms with Crippen molar-refractivity contribution in [3.63, 3.8) is 0 Å². The third-order valence-electron chi connectivity index (χ3n) is 2.94. The molecule has 2 atom stereocenters. The Bertz CT molecular complexity index is 373. The molecule has 5 heteroatoms. The lowest BCUT2D eigenvalue weighted by molar-refractivity contribution is 0.252. The molecule has 1 aliphatic rings. The Kier molecular flexibility index (Phi) is 4.23. The fraction of sp³-hybridized carbons (Fsp3) is 0.500. The SMILES string of the molecule is NC1CCC(Nc2ccccc2SC(F)F)C1. The maximum Gasteiger partial charge on any atom is 0.288 e. The van der Waals surface area contributed by atoms with Crippen molar-refractivity contribution in [2.45, 2.75) is 42.0 Å². The molecule has 2 nitrogen and oxygen atoms in total. The van der Waals surface area contributed by atoms with Gasteiger partial charge < -0.3 is 11.1 Å². The predicted octanol–water partition coefficient (Wildman–Crippen LogP) is 3.29. The second-order valence-electron chi connectivity index (χ2n) is 4.29. The van der Waals surface area contributed by atoms with Gasteiger partial charge in [-0.25, -0.2) is 0 Å². The molecule has 0 bridgehead atoms. The zero-order valence-electron chi connectivity index (χ0n) is 9.40. The van der Waals surface area contributed by atoms with Crippen LogP contribution in [0.15, 0.2) is 29.2 Å². The normalized spacial score (nSPS) is 24.2. The largest absolute Gasteiger partial charge is 0.381 e. The molecule has 0 heterocycles. The van der Waals surface area contributed by atoms with Gasteiger partial charge in [-0.15, -0.1) is 0 Å². The van der Waals surface area contributed by atoms with Crippen LogP contribution in [0.25, 0.3) is 0 Å². The van der Waals surface area contributed by atoms with Crippen molar-refractivity contribution >= 4 is 17.4 Å². The van der Waals surface area contributed by atoms with Crippen molar-refractivity contribution in [1.29, 1.82) is 0 Å². The lowest BCUT2D eigenvalue weighted by atomic mass is 10.2. The lowest BCUT2D eigenvalue weighted by Gasteiger charge is -2.16. The van der Waals surface area contributed by atoms with Crippen LogP contribution in [0.1, 0.15) is 19.3 Å². The van der Waals surface area contributed by atoms with Gasteiger partial charge in [0.05, 0.1) is 0 Å². The summed E-state index contributed by atoms with van der Waals surface area (Å²) in [4.78, 5) is 0.600. The first-order valence-corrected chi connectivity index (χ1v) is 6.59. The number of nitrogens with two attached hydrogens (primary N) is 1. The van der Waals surface area contributed by atoms with E-state index in [0.717, 1.165) is 24.9 Å². The molecule has 1 saturated carbocycles. The molecule has 0 saturated heterocycles. The standard InChI is InChI=1S/C12H16F2N2S/c13-12(14)17-11-4-2-1-3-10(11)16-9-6-5-8(15)7-9/h1-4,8-9,12,16H,5-7,15H2. The van der Waals surface area contributed by atoms with E-state index in [1.54, 1.807) is 12.1 Å². The van der Waals surface area contributed by atoms with Gasteiger partial charge >= 0.3 is 0 Å². The average molecular weight is 258 g/mol. The van der Waals surface area contributed by atoms with Gasteiger partial charge in [-0.05, 0) is 31.4 Å². The van der Waals surface area contributed by atoms with E-state index in [4.69, 9.17) is 5.73 Å². The third kappa shape index (κ3) is 3.57. The Hall–Kier alpha value is -0.810. The molecule has 94 valence electrons. The quantitative estimate of drug-likeness (QED) is 0.814. The van der Waals surface area contributed by atoms with Gasteiger partial charge in [-0.1, -0.05) is 23.9 Å². The van der Waals surface area contributed by atoms with Gasteiger partial charge in [-0.3, -0.25) is 0 Å². The number of hydrogen-bond acceptors (Lipinski definition) is 3. The van der Waals surface area contributed by atoms with E-state index in [2.05, 4.69) is 5.32 Å². The highest BCUT2D eigenvalue weighted by Crippen LogP contribution is 2.33. The molecule has 0 radical (unpaired) electrons. The van der Waals surface area contributed by atoms with Crippen LogP contribution in [-0.4, -0.2) is 17.8 Å². The Morgan fingerprint density at radius 3 is 2.71 bits per heavy atom. The molecule has 3 N–H and O–H groups in total. The van der Waals surface area contributed by atoms with Crippen LogP contribution >= 0.6 is 11.8 Å². The summed E-state index contributed by atoms with van der Waals surface area (Å²) in [6.45, 7) is 0. The number of benzene rings is 1. The number of halogens is 2. The molecular formula is C12H16F2N2S. The Balaban J connectivity index is 2.04. The van der Waals surface area contributed by atoms with Gasteiger partial charge in [-0.2, -0.15) is 8.78 Å². The first-order valence-electron chi connectivity index (χ1n) is 5.71. The molecule has 0 aromatic heterocycles. The van der Waals surface area contributed by atoms with E-state index in [-0.39, 0.29) is 6.04 Å². The highest BCUT2D eigenvalue weighted by Gasteiger charge is 2.22. The van der Waals surface area contributed by atoms with Crippen molar-refractivity contribution in [2.24, 2.45) is 5.73 Å². The van der Waals surface area contributed by atoms with E-state index < -0.39 is 5.76 Å². The first-order chi connectivity index (χ1) is 8.15. The van der Waals surface area contributed by atoms with Crippen molar-refractivity contribution in [2.75, 3.05) is 5.32 Å². The van der Waals surface area contributed by atoms with Crippen LogP contribution in [0, 0.1) is 0 Å². The number of thioether (sulfide) groups is 1. The summed E-state index contributed by atoms with van der Waals surface area (Å²) >= 11 is 0.582. The number of anilines is 1. The Morgan fingerprint density at radius 2 is 2.06 bits per heavy atom. The topological polar surface area (TPSA) is 38.0 Å². The average Bonchev–Trinajstić information content (AvgIpc) is 2.66. The predicted molar refractivity (Wildman–Crippen MR) is 67.5 cm³/mol. The molecular weight excluding hydrogens is 242 g/mol. The highest BCUT2D eigenvalue weighted by atomic mass is 32.2.